The molecule has 1 aliphatic heterocycles. The molecule has 0 saturated carbocycles. The highest BCUT2D eigenvalue weighted by atomic mass is 32.2. The van der Waals surface area contributed by atoms with Crippen LogP contribution in [0.4, 0.5) is 0 Å². The van der Waals surface area contributed by atoms with E-state index in [1.807, 2.05) is 20.8 Å². The maximum Gasteiger partial charge on any atom is 0.240 e. The van der Waals surface area contributed by atoms with Crippen LogP contribution in [0.15, 0.2) is 23.1 Å². The summed E-state index contributed by atoms with van der Waals surface area (Å²) in [6.45, 7) is 7.11. The Hall–Kier alpha value is -1.11. The first-order chi connectivity index (χ1) is 9.42. The summed E-state index contributed by atoms with van der Waals surface area (Å²) in [4.78, 5) is 0.303. The summed E-state index contributed by atoms with van der Waals surface area (Å²) in [5.74, 6) is 0.789. The van der Waals surface area contributed by atoms with Crippen molar-refractivity contribution in [2.45, 2.75) is 44.2 Å². The smallest absolute Gasteiger partial charge is 0.240 e. The quantitative estimate of drug-likeness (QED) is 0.830. The first-order valence-electron chi connectivity index (χ1n) is 6.95. The van der Waals surface area contributed by atoms with Crippen LogP contribution in [0.5, 0.6) is 5.75 Å². The molecule has 6 heteroatoms. The maximum atomic E-state index is 12.2. The van der Waals surface area contributed by atoms with Crippen molar-refractivity contribution in [2.75, 3.05) is 13.1 Å². The molecule has 20 heavy (non-hydrogen) atoms. The van der Waals surface area contributed by atoms with Crippen molar-refractivity contribution in [3.8, 4) is 5.75 Å². The van der Waals surface area contributed by atoms with E-state index in [2.05, 4.69) is 10.0 Å². The first-order valence-corrected chi connectivity index (χ1v) is 8.43. The van der Waals surface area contributed by atoms with Gasteiger partial charge in [0.15, 0.2) is 0 Å². The Bertz CT molecular complexity index is 572. The van der Waals surface area contributed by atoms with Crippen molar-refractivity contribution >= 4 is 10.0 Å². The molecule has 5 nitrogen and oxygen atoms in total. The second-order valence-corrected chi connectivity index (χ2v) is 6.98. The van der Waals surface area contributed by atoms with Gasteiger partial charge in [0.25, 0.3) is 0 Å². The van der Waals surface area contributed by atoms with Crippen LogP contribution in [-0.2, 0) is 16.4 Å². The number of fused-ring (bicyclic) bond motifs is 1. The summed E-state index contributed by atoms with van der Waals surface area (Å²) in [5, 5.41) is 3.17. The topological polar surface area (TPSA) is 67.4 Å². The number of likely N-dealkylation sites (N-methyl/N-ethyl adjacent to an activating group) is 1. The van der Waals surface area contributed by atoms with Crippen LogP contribution in [0, 0.1) is 0 Å². The molecule has 0 fully saturated rings. The highest BCUT2D eigenvalue weighted by molar-refractivity contribution is 7.89. The monoisotopic (exact) mass is 298 g/mol. The van der Waals surface area contributed by atoms with Crippen LogP contribution in [0.2, 0.25) is 0 Å². The van der Waals surface area contributed by atoms with Crippen LogP contribution in [0.3, 0.4) is 0 Å². The van der Waals surface area contributed by atoms with Crippen molar-refractivity contribution < 1.29 is 13.2 Å². The fourth-order valence-electron chi connectivity index (χ4n) is 2.30. The van der Waals surface area contributed by atoms with Gasteiger partial charge in [0.1, 0.15) is 11.9 Å². The van der Waals surface area contributed by atoms with E-state index in [1.165, 1.54) is 0 Å². The Morgan fingerprint density at radius 3 is 2.90 bits per heavy atom. The van der Waals surface area contributed by atoms with Crippen LogP contribution < -0.4 is 14.8 Å². The van der Waals surface area contributed by atoms with Crippen LogP contribution in [0.25, 0.3) is 0 Å². The van der Waals surface area contributed by atoms with Gasteiger partial charge < -0.3 is 10.1 Å². The molecule has 1 unspecified atom stereocenters. The van der Waals surface area contributed by atoms with Gasteiger partial charge in [-0.15, -0.1) is 0 Å². The van der Waals surface area contributed by atoms with E-state index in [0.717, 1.165) is 24.3 Å². The maximum absolute atomic E-state index is 12.2. The molecule has 0 saturated heterocycles. The van der Waals surface area contributed by atoms with Crippen molar-refractivity contribution in [1.29, 1.82) is 0 Å². The number of ether oxygens (including phenoxy) is 1. The average Bonchev–Trinajstić information content (AvgIpc) is 2.76. The number of nitrogens with one attached hydrogen (secondary N) is 2. The predicted molar refractivity (Wildman–Crippen MR) is 78.6 cm³/mol. The fraction of sp³-hybridized carbons (Fsp3) is 0.571. The zero-order valence-electron chi connectivity index (χ0n) is 12.1. The lowest BCUT2D eigenvalue weighted by atomic mass is 10.1. The Kier molecular flexibility index (Phi) is 4.67. The van der Waals surface area contributed by atoms with Crippen LogP contribution >= 0.6 is 0 Å². The van der Waals surface area contributed by atoms with Gasteiger partial charge in [-0.25, -0.2) is 13.1 Å². The van der Waals surface area contributed by atoms with E-state index in [9.17, 15) is 8.42 Å². The molecule has 112 valence electrons. The average molecular weight is 298 g/mol. The molecule has 0 amide bonds. The molecule has 0 bridgehead atoms. The first kappa shape index (κ1) is 15.3. The van der Waals surface area contributed by atoms with Gasteiger partial charge in [0.05, 0.1) is 4.90 Å². The van der Waals surface area contributed by atoms with E-state index in [0.29, 0.717) is 11.4 Å². The normalized spacial score (nSPS) is 19.4. The summed E-state index contributed by atoms with van der Waals surface area (Å²) >= 11 is 0. The molecule has 0 aromatic heterocycles. The second kappa shape index (κ2) is 6.11. The third-order valence-electron chi connectivity index (χ3n) is 3.31. The van der Waals surface area contributed by atoms with Gasteiger partial charge in [-0.1, -0.05) is 6.92 Å². The Balaban J connectivity index is 2.09. The fourth-order valence-corrected chi connectivity index (χ4v) is 3.48. The van der Waals surface area contributed by atoms with Gasteiger partial charge in [0.2, 0.25) is 10.0 Å². The third-order valence-corrected chi connectivity index (χ3v) is 4.73. The molecule has 0 radical (unpaired) electrons. The van der Waals surface area contributed by atoms with E-state index in [4.69, 9.17) is 4.74 Å². The van der Waals surface area contributed by atoms with Crippen LogP contribution in [0.1, 0.15) is 26.3 Å². The molecule has 2 rings (SSSR count). The minimum Gasteiger partial charge on any atom is -0.490 e. The predicted octanol–water partition coefficient (Wildman–Crippen LogP) is 1.29. The molecular formula is C14H22N2O3S. The molecular weight excluding hydrogens is 276 g/mol. The van der Waals surface area contributed by atoms with E-state index < -0.39 is 10.0 Å². The molecule has 0 spiro atoms. The van der Waals surface area contributed by atoms with E-state index in [-0.39, 0.29) is 12.1 Å². The summed E-state index contributed by atoms with van der Waals surface area (Å²) in [5.41, 5.74) is 0.958. The summed E-state index contributed by atoms with van der Waals surface area (Å²) in [6, 6.07) is 5.14. The highest BCUT2D eigenvalue weighted by Gasteiger charge is 2.22. The number of benzene rings is 1. The van der Waals surface area contributed by atoms with Gasteiger partial charge in [-0.3, -0.25) is 0 Å². The van der Waals surface area contributed by atoms with Gasteiger partial charge >= 0.3 is 0 Å². The standard InChI is InChI=1S/C14H22N2O3S/c1-4-15-10(2)9-16-20(17,18)13-5-6-14-12(8-13)7-11(3)19-14/h5-6,8,10-11,15-16H,4,7,9H2,1-3H3/t10-,11?/m1/s1. The molecule has 1 aromatic rings. The molecule has 0 aliphatic carbocycles. The molecule has 2 atom stereocenters. The molecule has 2 N–H and O–H groups in total. The minimum atomic E-state index is -3.46. The highest BCUT2D eigenvalue weighted by Crippen LogP contribution is 2.30. The lowest BCUT2D eigenvalue weighted by molar-refractivity contribution is 0.254. The number of rotatable bonds is 6. The van der Waals surface area contributed by atoms with Gasteiger partial charge in [-0.2, -0.15) is 0 Å². The van der Waals surface area contributed by atoms with Crippen LogP contribution in [-0.4, -0.2) is 33.7 Å². The molecule has 1 aliphatic rings. The zero-order valence-corrected chi connectivity index (χ0v) is 13.0. The van der Waals surface area contributed by atoms with Gasteiger partial charge in [0, 0.05) is 19.0 Å². The molecule has 1 heterocycles. The minimum absolute atomic E-state index is 0.104. The summed E-state index contributed by atoms with van der Waals surface area (Å²) in [7, 11) is -3.46. The second-order valence-electron chi connectivity index (χ2n) is 5.21. The van der Waals surface area contributed by atoms with Crippen molar-refractivity contribution in [3.63, 3.8) is 0 Å². The van der Waals surface area contributed by atoms with Crippen molar-refractivity contribution in [2.24, 2.45) is 0 Å². The van der Waals surface area contributed by atoms with Crippen molar-refractivity contribution in [1.82, 2.24) is 10.0 Å². The Morgan fingerprint density at radius 1 is 1.45 bits per heavy atom. The van der Waals surface area contributed by atoms with Crippen molar-refractivity contribution in [3.05, 3.63) is 23.8 Å². The lowest BCUT2D eigenvalue weighted by Crippen LogP contribution is -2.38. The Morgan fingerprint density at radius 2 is 2.20 bits per heavy atom. The number of hydrogen-bond donors (Lipinski definition) is 2. The van der Waals surface area contributed by atoms with E-state index in [1.54, 1.807) is 18.2 Å². The zero-order chi connectivity index (χ0) is 14.8. The number of sulfonamides is 1. The van der Waals surface area contributed by atoms with Gasteiger partial charge in [-0.05, 0) is 44.2 Å². The Labute approximate surface area is 120 Å². The summed E-state index contributed by atoms with van der Waals surface area (Å²) < 4.78 is 32.7. The SMILES string of the molecule is CCN[C@H](C)CNS(=O)(=O)c1ccc2c(c1)CC(C)O2. The third kappa shape index (κ3) is 3.50. The summed E-state index contributed by atoms with van der Waals surface area (Å²) in [6.07, 6.45) is 0.872. The van der Waals surface area contributed by atoms with E-state index >= 15 is 0 Å². The lowest BCUT2D eigenvalue weighted by Gasteiger charge is -2.13. The molecule has 1 aromatic carbocycles. The largest absolute Gasteiger partial charge is 0.490 e. The number of hydrogen-bond acceptors (Lipinski definition) is 4.